The molecule has 3 heterocycles. The maximum atomic E-state index is 10.6. The van der Waals surface area contributed by atoms with Crippen molar-refractivity contribution in [1.29, 1.82) is 0 Å². The smallest absolute Gasteiger partial charge is 0.475 e. The van der Waals surface area contributed by atoms with Crippen LogP contribution in [-0.2, 0) is 32.2 Å². The van der Waals surface area contributed by atoms with Crippen LogP contribution < -0.4 is 0 Å². The molecule has 9 nitrogen and oxygen atoms in total. The van der Waals surface area contributed by atoms with Crippen molar-refractivity contribution in [1.82, 2.24) is 9.88 Å². The molecule has 0 spiro atoms. The third kappa shape index (κ3) is 9.95. The molecule has 2 aliphatic rings. The van der Waals surface area contributed by atoms with E-state index < -0.39 is 24.3 Å². The maximum absolute atomic E-state index is 10.6. The summed E-state index contributed by atoms with van der Waals surface area (Å²) in [5.74, 6) is -3.51. The van der Waals surface area contributed by atoms with Crippen molar-refractivity contribution in [3.05, 3.63) is 53.7 Å². The van der Waals surface area contributed by atoms with Crippen molar-refractivity contribution in [3.8, 4) is 0 Å². The average Bonchev–Trinajstić information content (AvgIpc) is 3.44. The Morgan fingerprint density at radius 1 is 1.05 bits per heavy atom. The number of aliphatic carboxylic acids is 2. The van der Waals surface area contributed by atoms with Gasteiger partial charge in [0.15, 0.2) is 0 Å². The van der Waals surface area contributed by atoms with Crippen LogP contribution in [0.2, 0.25) is 0 Å². The predicted molar refractivity (Wildman–Crippen MR) is 117 cm³/mol. The van der Waals surface area contributed by atoms with E-state index in [2.05, 4.69) is 16.0 Å². The van der Waals surface area contributed by atoms with E-state index in [0.717, 1.165) is 49.8 Å². The van der Waals surface area contributed by atoms with Crippen LogP contribution in [0.4, 0.5) is 26.3 Å². The minimum absolute atomic E-state index is 0.151. The number of aryl methyl sites for hydroxylation is 1. The Morgan fingerprint density at radius 2 is 1.68 bits per heavy atom. The lowest BCUT2D eigenvalue weighted by molar-refractivity contribution is -0.193. The number of hydrogen-bond donors (Lipinski definition) is 2. The fourth-order valence-corrected chi connectivity index (χ4v) is 3.81. The molecule has 38 heavy (non-hydrogen) atoms. The average molecular weight is 556 g/mol. The first kappa shape index (κ1) is 31.1. The number of morpholine rings is 1. The Bertz CT molecular complexity index is 1010. The van der Waals surface area contributed by atoms with Gasteiger partial charge in [-0.2, -0.15) is 26.3 Å². The van der Waals surface area contributed by atoms with Crippen molar-refractivity contribution in [2.75, 3.05) is 13.2 Å². The molecule has 1 aliphatic carbocycles. The number of aromatic nitrogens is 1. The SMILES string of the molecule is Cc1ccc(CN2CCO[C@H]3[C@H](OCc4ccccn4)CC[C@@H]32)o1.O=C(O)C(F)(F)F.O=C(O)C(F)(F)F. The molecule has 212 valence electrons. The van der Waals surface area contributed by atoms with Gasteiger partial charge >= 0.3 is 24.3 Å². The van der Waals surface area contributed by atoms with Crippen LogP contribution in [0.25, 0.3) is 0 Å². The van der Waals surface area contributed by atoms with Crippen LogP contribution in [0.3, 0.4) is 0 Å². The van der Waals surface area contributed by atoms with Gasteiger partial charge in [-0.05, 0) is 44.0 Å². The van der Waals surface area contributed by atoms with Crippen LogP contribution in [-0.4, -0.2) is 75.8 Å². The fraction of sp³-hybridized carbons (Fsp3) is 0.522. The van der Waals surface area contributed by atoms with E-state index in [-0.39, 0.29) is 12.2 Å². The second-order valence-electron chi connectivity index (χ2n) is 8.24. The number of carboxylic acid groups (broad SMARTS) is 2. The summed E-state index contributed by atoms with van der Waals surface area (Å²) in [7, 11) is 0. The monoisotopic (exact) mass is 556 g/mol. The summed E-state index contributed by atoms with van der Waals surface area (Å²) < 4.78 is 81.4. The molecule has 15 heteroatoms. The highest BCUT2D eigenvalue weighted by atomic mass is 19.4. The van der Waals surface area contributed by atoms with Crippen molar-refractivity contribution in [3.63, 3.8) is 0 Å². The predicted octanol–water partition coefficient (Wildman–Crippen LogP) is 4.20. The Labute approximate surface area is 213 Å². The Morgan fingerprint density at radius 3 is 2.18 bits per heavy atom. The summed E-state index contributed by atoms with van der Waals surface area (Å²) >= 11 is 0. The van der Waals surface area contributed by atoms with Crippen LogP contribution in [0, 0.1) is 6.92 Å². The van der Waals surface area contributed by atoms with E-state index >= 15 is 0 Å². The number of pyridine rings is 1. The number of furan rings is 1. The molecule has 4 rings (SSSR count). The number of carboxylic acids is 2. The quantitative estimate of drug-likeness (QED) is 0.522. The van der Waals surface area contributed by atoms with Gasteiger partial charge in [-0.25, -0.2) is 9.59 Å². The van der Waals surface area contributed by atoms with Gasteiger partial charge in [-0.1, -0.05) is 6.07 Å². The third-order valence-corrected chi connectivity index (χ3v) is 5.46. The van der Waals surface area contributed by atoms with Crippen molar-refractivity contribution >= 4 is 11.9 Å². The van der Waals surface area contributed by atoms with Crippen molar-refractivity contribution in [2.45, 2.75) is 63.5 Å². The van der Waals surface area contributed by atoms with E-state index in [1.165, 1.54) is 0 Å². The molecule has 2 aromatic heterocycles. The number of halogens is 6. The summed E-state index contributed by atoms with van der Waals surface area (Å²) in [4.78, 5) is 24.6. The number of hydrogen-bond acceptors (Lipinski definition) is 7. The Kier molecular flexibility index (Phi) is 11.1. The molecular weight excluding hydrogens is 530 g/mol. The van der Waals surface area contributed by atoms with E-state index in [9.17, 15) is 26.3 Å². The van der Waals surface area contributed by atoms with Crippen LogP contribution in [0.5, 0.6) is 0 Å². The van der Waals surface area contributed by atoms with Gasteiger partial charge in [-0.15, -0.1) is 0 Å². The molecule has 0 aromatic carbocycles. The number of nitrogens with zero attached hydrogens (tertiary/aromatic N) is 2. The molecule has 0 radical (unpaired) electrons. The van der Waals surface area contributed by atoms with Crippen LogP contribution in [0.1, 0.15) is 30.1 Å². The number of rotatable bonds is 5. The molecule has 1 saturated carbocycles. The molecule has 0 bridgehead atoms. The highest BCUT2D eigenvalue weighted by molar-refractivity contribution is 5.73. The highest BCUT2D eigenvalue weighted by Crippen LogP contribution is 2.33. The summed E-state index contributed by atoms with van der Waals surface area (Å²) in [6, 6.07) is 10.4. The van der Waals surface area contributed by atoms with Crippen molar-refractivity contribution in [2.24, 2.45) is 0 Å². The second kappa shape index (κ2) is 13.6. The van der Waals surface area contributed by atoms with Gasteiger partial charge in [0.2, 0.25) is 0 Å². The topological polar surface area (TPSA) is 122 Å². The molecular formula is C23H26F6N2O7. The summed E-state index contributed by atoms with van der Waals surface area (Å²) in [6.07, 6.45) is -5.91. The standard InChI is InChI=1S/C19H24N2O3.2C2HF3O2/c1-14-5-6-16(24-14)12-21-10-11-22-19-17(21)7-8-18(19)23-13-15-4-2-3-9-20-15;2*3-2(4,5)1(6)7/h2-6,9,17-19H,7-8,10-13H2,1H3;2*(H,6,7)/t17-,18+,19+;;/m0../s1. The van der Waals surface area contributed by atoms with Crippen LogP contribution >= 0.6 is 0 Å². The minimum atomic E-state index is -5.08. The zero-order chi connectivity index (χ0) is 28.5. The molecule has 2 aromatic rings. The van der Waals surface area contributed by atoms with Crippen LogP contribution in [0.15, 0.2) is 40.9 Å². The largest absolute Gasteiger partial charge is 0.490 e. The normalized spacial score (nSPS) is 21.4. The zero-order valence-electron chi connectivity index (χ0n) is 20.0. The number of alkyl halides is 6. The minimum Gasteiger partial charge on any atom is -0.475 e. The Balaban J connectivity index is 0.000000301. The number of fused-ring (bicyclic) bond motifs is 1. The Hall–Kier alpha value is -3.17. The molecule has 1 saturated heterocycles. The molecule has 0 amide bonds. The van der Waals surface area contributed by atoms with Gasteiger partial charge in [0, 0.05) is 18.8 Å². The van der Waals surface area contributed by atoms with E-state index in [1.54, 1.807) is 6.20 Å². The van der Waals surface area contributed by atoms with Gasteiger partial charge in [0.05, 0.1) is 37.7 Å². The molecule has 3 atom stereocenters. The summed E-state index contributed by atoms with van der Waals surface area (Å²) in [6.45, 7) is 5.10. The molecule has 1 aliphatic heterocycles. The second-order valence-corrected chi connectivity index (χ2v) is 8.24. The summed E-state index contributed by atoms with van der Waals surface area (Å²) in [5.41, 5.74) is 0.972. The molecule has 0 unspecified atom stereocenters. The molecule has 2 N–H and O–H groups in total. The van der Waals surface area contributed by atoms with Gasteiger partial charge in [0.25, 0.3) is 0 Å². The van der Waals surface area contributed by atoms with E-state index in [0.29, 0.717) is 12.6 Å². The lowest BCUT2D eigenvalue weighted by Gasteiger charge is -2.38. The third-order valence-electron chi connectivity index (χ3n) is 5.46. The first-order chi connectivity index (χ1) is 17.7. The van der Waals surface area contributed by atoms with E-state index in [4.69, 9.17) is 33.7 Å². The first-order valence-electron chi connectivity index (χ1n) is 11.2. The lowest BCUT2D eigenvalue weighted by Crippen LogP contribution is -2.51. The van der Waals surface area contributed by atoms with E-state index in [1.807, 2.05) is 31.2 Å². The first-order valence-corrected chi connectivity index (χ1v) is 11.2. The highest BCUT2D eigenvalue weighted by Gasteiger charge is 2.43. The number of ether oxygens (including phenoxy) is 2. The fourth-order valence-electron chi connectivity index (χ4n) is 3.81. The van der Waals surface area contributed by atoms with Gasteiger partial charge in [0.1, 0.15) is 11.5 Å². The number of carbonyl (C=O) groups is 2. The zero-order valence-corrected chi connectivity index (χ0v) is 20.0. The maximum Gasteiger partial charge on any atom is 0.490 e. The summed E-state index contributed by atoms with van der Waals surface area (Å²) in [5, 5.41) is 14.2. The van der Waals surface area contributed by atoms with Gasteiger partial charge in [-0.3, -0.25) is 9.88 Å². The molecule has 2 fully saturated rings. The van der Waals surface area contributed by atoms with Crippen molar-refractivity contribution < 1.29 is 60.0 Å². The lowest BCUT2D eigenvalue weighted by atomic mass is 10.1. The van der Waals surface area contributed by atoms with Gasteiger partial charge < -0.3 is 24.1 Å².